The fraction of sp³-hybridized carbons (Fsp3) is 0.111. The van der Waals surface area contributed by atoms with Crippen molar-refractivity contribution >= 4 is 28.7 Å². The van der Waals surface area contributed by atoms with Gasteiger partial charge in [-0.2, -0.15) is 0 Å². The summed E-state index contributed by atoms with van der Waals surface area (Å²) in [4.78, 5) is 16.9. The Morgan fingerprint density at radius 1 is 1.26 bits per heavy atom. The van der Waals surface area contributed by atoms with Crippen LogP contribution in [0.4, 0.5) is 0 Å². The molecule has 0 aliphatic carbocycles. The number of aromatic nitrogens is 2. The summed E-state index contributed by atoms with van der Waals surface area (Å²) in [6.45, 7) is 5.68. The first-order chi connectivity index (χ1) is 11.1. The normalized spacial score (nSPS) is 10.8. The highest BCUT2D eigenvalue weighted by Crippen LogP contribution is 2.21. The van der Waals surface area contributed by atoms with Crippen LogP contribution in [-0.4, -0.2) is 9.66 Å². The Bertz CT molecular complexity index is 929. The lowest BCUT2D eigenvalue weighted by atomic mass is 10.1. The number of benzene rings is 2. The summed E-state index contributed by atoms with van der Waals surface area (Å²) in [6.07, 6.45) is 1.81. The van der Waals surface area contributed by atoms with Crippen molar-refractivity contribution in [2.45, 2.75) is 17.8 Å². The van der Waals surface area contributed by atoms with Crippen molar-refractivity contribution < 1.29 is 0 Å². The molecule has 116 valence electrons. The van der Waals surface area contributed by atoms with E-state index in [1.807, 2.05) is 49.4 Å². The molecule has 0 bridgehead atoms. The van der Waals surface area contributed by atoms with Crippen LogP contribution in [0.2, 0.25) is 0 Å². The Morgan fingerprint density at radius 2 is 2.00 bits per heavy atom. The molecule has 0 saturated carbocycles. The van der Waals surface area contributed by atoms with Gasteiger partial charge in [0, 0.05) is 5.75 Å². The molecule has 4 nitrogen and oxygen atoms in total. The summed E-state index contributed by atoms with van der Waals surface area (Å²) in [6, 6.07) is 13.7. The van der Waals surface area contributed by atoms with Crippen LogP contribution in [0.3, 0.4) is 0 Å². The van der Waals surface area contributed by atoms with Gasteiger partial charge in [-0.15, -0.1) is 0 Å². The predicted molar refractivity (Wildman–Crippen MR) is 97.0 cm³/mol. The SMILES string of the molecule is C=Cc1ccc(CSc2nc3ccc(C)cc3c(=O)n2N)cc1. The minimum absolute atomic E-state index is 0.219. The van der Waals surface area contributed by atoms with E-state index in [1.165, 1.54) is 11.8 Å². The van der Waals surface area contributed by atoms with Crippen molar-refractivity contribution in [3.63, 3.8) is 0 Å². The summed E-state index contributed by atoms with van der Waals surface area (Å²) in [7, 11) is 0. The molecule has 3 rings (SSSR count). The van der Waals surface area contributed by atoms with E-state index in [0.29, 0.717) is 21.8 Å². The van der Waals surface area contributed by atoms with Gasteiger partial charge in [-0.1, -0.05) is 60.3 Å². The van der Waals surface area contributed by atoms with Crippen molar-refractivity contribution in [3.8, 4) is 0 Å². The van der Waals surface area contributed by atoms with Crippen molar-refractivity contribution in [1.82, 2.24) is 9.66 Å². The van der Waals surface area contributed by atoms with Crippen molar-refractivity contribution in [3.05, 3.63) is 76.1 Å². The molecule has 0 amide bonds. The fourth-order valence-electron chi connectivity index (χ4n) is 2.29. The second-order valence-electron chi connectivity index (χ2n) is 5.32. The highest BCUT2D eigenvalue weighted by atomic mass is 32.2. The summed E-state index contributed by atoms with van der Waals surface area (Å²) < 4.78 is 1.13. The first-order valence-corrected chi connectivity index (χ1v) is 8.20. The van der Waals surface area contributed by atoms with Gasteiger partial charge in [-0.05, 0) is 30.2 Å². The number of hydrogen-bond acceptors (Lipinski definition) is 4. The molecule has 0 unspecified atom stereocenters. The van der Waals surface area contributed by atoms with E-state index in [0.717, 1.165) is 21.4 Å². The Balaban J connectivity index is 1.90. The highest BCUT2D eigenvalue weighted by Gasteiger charge is 2.10. The number of fused-ring (bicyclic) bond motifs is 1. The van der Waals surface area contributed by atoms with Gasteiger partial charge in [-0.3, -0.25) is 4.79 Å². The summed E-state index contributed by atoms with van der Waals surface area (Å²) in [5.41, 5.74) is 3.68. The lowest BCUT2D eigenvalue weighted by Gasteiger charge is -2.09. The standard InChI is InChI=1S/C18H17N3OS/c1-3-13-5-7-14(8-6-13)11-23-18-20-16-9-4-12(2)10-15(16)17(22)21(18)19/h3-10H,1,11,19H2,2H3. The van der Waals surface area contributed by atoms with E-state index in [-0.39, 0.29) is 5.56 Å². The van der Waals surface area contributed by atoms with Crippen LogP contribution >= 0.6 is 11.8 Å². The average molecular weight is 323 g/mol. The lowest BCUT2D eigenvalue weighted by molar-refractivity contribution is 0.779. The summed E-state index contributed by atoms with van der Waals surface area (Å²) in [5.74, 6) is 6.61. The summed E-state index contributed by atoms with van der Waals surface area (Å²) in [5, 5.41) is 1.06. The van der Waals surface area contributed by atoms with Crippen LogP contribution in [0.25, 0.3) is 17.0 Å². The lowest BCUT2D eigenvalue weighted by Crippen LogP contribution is -2.29. The van der Waals surface area contributed by atoms with E-state index >= 15 is 0 Å². The topological polar surface area (TPSA) is 60.9 Å². The fourth-order valence-corrected chi connectivity index (χ4v) is 3.16. The molecule has 1 aromatic heterocycles. The van der Waals surface area contributed by atoms with Crippen LogP contribution < -0.4 is 11.4 Å². The maximum Gasteiger partial charge on any atom is 0.280 e. The highest BCUT2D eigenvalue weighted by molar-refractivity contribution is 7.98. The van der Waals surface area contributed by atoms with Crippen LogP contribution in [0.5, 0.6) is 0 Å². The molecule has 0 atom stereocenters. The van der Waals surface area contributed by atoms with Gasteiger partial charge in [0.15, 0.2) is 5.16 Å². The maximum absolute atomic E-state index is 12.4. The molecular weight excluding hydrogens is 306 g/mol. The molecule has 0 spiro atoms. The molecule has 0 fully saturated rings. The Labute approximate surface area is 138 Å². The molecule has 3 aromatic rings. The molecule has 0 aliphatic rings. The average Bonchev–Trinajstić information content (AvgIpc) is 2.58. The van der Waals surface area contributed by atoms with E-state index in [4.69, 9.17) is 5.84 Å². The molecule has 2 N–H and O–H groups in total. The Hall–Kier alpha value is -2.53. The molecule has 23 heavy (non-hydrogen) atoms. The predicted octanol–water partition coefficient (Wildman–Crippen LogP) is 3.35. The van der Waals surface area contributed by atoms with Crippen molar-refractivity contribution in [1.29, 1.82) is 0 Å². The van der Waals surface area contributed by atoms with Gasteiger partial charge in [0.25, 0.3) is 5.56 Å². The minimum Gasteiger partial charge on any atom is -0.334 e. The van der Waals surface area contributed by atoms with Gasteiger partial charge >= 0.3 is 0 Å². The van der Waals surface area contributed by atoms with Crippen LogP contribution in [0.15, 0.2) is 59.0 Å². The Kier molecular flexibility index (Phi) is 4.21. The Morgan fingerprint density at radius 3 is 2.70 bits per heavy atom. The maximum atomic E-state index is 12.4. The van der Waals surface area contributed by atoms with E-state index in [9.17, 15) is 4.79 Å². The second kappa shape index (κ2) is 6.30. The third-order valence-electron chi connectivity index (χ3n) is 3.61. The second-order valence-corrected chi connectivity index (χ2v) is 6.27. The number of nitrogens with two attached hydrogens (primary N) is 1. The van der Waals surface area contributed by atoms with Gasteiger partial charge in [0.2, 0.25) is 0 Å². The quantitative estimate of drug-likeness (QED) is 0.454. The van der Waals surface area contributed by atoms with Crippen LogP contribution in [0, 0.1) is 6.92 Å². The zero-order chi connectivity index (χ0) is 16.4. The van der Waals surface area contributed by atoms with Crippen molar-refractivity contribution in [2.24, 2.45) is 0 Å². The molecule has 2 aromatic carbocycles. The molecular formula is C18H17N3OS. The van der Waals surface area contributed by atoms with E-state index < -0.39 is 0 Å². The monoisotopic (exact) mass is 323 g/mol. The molecule has 0 saturated heterocycles. The first-order valence-electron chi connectivity index (χ1n) is 7.21. The third-order valence-corrected chi connectivity index (χ3v) is 4.63. The van der Waals surface area contributed by atoms with Crippen molar-refractivity contribution in [2.75, 3.05) is 5.84 Å². The number of aryl methyl sites for hydroxylation is 1. The van der Waals surface area contributed by atoms with Gasteiger partial charge in [-0.25, -0.2) is 9.66 Å². The molecule has 0 aliphatic heterocycles. The smallest absolute Gasteiger partial charge is 0.280 e. The minimum atomic E-state index is -0.219. The zero-order valence-corrected chi connectivity index (χ0v) is 13.6. The number of hydrogen-bond donors (Lipinski definition) is 1. The van der Waals surface area contributed by atoms with Gasteiger partial charge < -0.3 is 5.84 Å². The zero-order valence-electron chi connectivity index (χ0n) is 12.8. The largest absolute Gasteiger partial charge is 0.334 e. The molecule has 0 radical (unpaired) electrons. The van der Waals surface area contributed by atoms with E-state index in [1.54, 1.807) is 6.08 Å². The third kappa shape index (κ3) is 3.14. The number of rotatable bonds is 4. The number of nitrogen functional groups attached to an aromatic ring is 1. The van der Waals surface area contributed by atoms with Crippen LogP contribution in [0.1, 0.15) is 16.7 Å². The number of nitrogens with zero attached hydrogens (tertiary/aromatic N) is 2. The summed E-state index contributed by atoms with van der Waals surface area (Å²) >= 11 is 1.45. The van der Waals surface area contributed by atoms with Crippen LogP contribution in [-0.2, 0) is 5.75 Å². The first kappa shape index (κ1) is 15.4. The van der Waals surface area contributed by atoms with Gasteiger partial charge in [0.05, 0.1) is 10.9 Å². The van der Waals surface area contributed by atoms with Gasteiger partial charge in [0.1, 0.15) is 0 Å². The number of thioether (sulfide) groups is 1. The molecule has 1 heterocycles. The molecule has 5 heteroatoms. The van der Waals surface area contributed by atoms with E-state index in [2.05, 4.69) is 11.6 Å².